The van der Waals surface area contributed by atoms with Crippen LogP contribution in [0.2, 0.25) is 0 Å². The third kappa shape index (κ3) is 1.90. The minimum atomic E-state index is -3.42. The molecule has 7 heteroatoms. The Balaban J connectivity index is 2.03. The van der Waals surface area contributed by atoms with E-state index in [-0.39, 0.29) is 12.5 Å². The molecule has 1 heterocycles. The maximum atomic E-state index is 12.2. The topological polar surface area (TPSA) is 96.6 Å². The van der Waals surface area contributed by atoms with Crippen LogP contribution < -0.4 is 9.47 Å². The number of hydrogen-bond acceptors (Lipinski definition) is 6. The number of sulfone groups is 1. The fraction of sp³-hybridized carbons (Fsp3) is 0.500. The van der Waals surface area contributed by atoms with Crippen LogP contribution in [0.1, 0.15) is 18.4 Å². The number of aliphatic hydroxyl groups excluding tert-OH is 1. The molecule has 3 atom stereocenters. The molecule has 1 aromatic carbocycles. The molecule has 112 valence electrons. The Labute approximate surface area is 122 Å². The first-order valence-corrected chi connectivity index (χ1v) is 8.35. The lowest BCUT2D eigenvalue weighted by atomic mass is 10.0. The van der Waals surface area contributed by atoms with Gasteiger partial charge in [0.15, 0.2) is 21.3 Å². The Morgan fingerprint density at radius 3 is 2.76 bits per heavy atom. The van der Waals surface area contributed by atoms with Crippen molar-refractivity contribution in [3.63, 3.8) is 0 Å². The lowest BCUT2D eigenvalue weighted by molar-refractivity contribution is 0.174. The van der Waals surface area contributed by atoms with Gasteiger partial charge in [-0.05, 0) is 17.7 Å². The number of nitrogens with zero attached hydrogens (tertiary/aromatic N) is 1. The van der Waals surface area contributed by atoms with Crippen LogP contribution >= 0.6 is 0 Å². The molecule has 0 spiro atoms. The van der Waals surface area contributed by atoms with Crippen molar-refractivity contribution in [3.05, 3.63) is 23.8 Å². The van der Waals surface area contributed by atoms with Gasteiger partial charge < -0.3 is 14.6 Å². The summed E-state index contributed by atoms with van der Waals surface area (Å²) in [6, 6.07) is 7.13. The van der Waals surface area contributed by atoms with Crippen molar-refractivity contribution < 1.29 is 23.0 Å². The summed E-state index contributed by atoms with van der Waals surface area (Å²) in [5.41, 5.74) is -0.584. The predicted molar refractivity (Wildman–Crippen MR) is 73.7 cm³/mol. The van der Waals surface area contributed by atoms with Gasteiger partial charge in [0.2, 0.25) is 6.79 Å². The second-order valence-corrected chi connectivity index (χ2v) is 7.68. The Morgan fingerprint density at radius 1 is 1.43 bits per heavy atom. The van der Waals surface area contributed by atoms with E-state index in [1.165, 1.54) is 0 Å². The monoisotopic (exact) mass is 309 g/mol. The SMILES string of the molecule is CCS(=O)(=O)[C@@H]1[C@@H](c2ccc3c(c2)OCO3)[C@]1(C#N)CO. The maximum Gasteiger partial charge on any atom is 0.231 e. The van der Waals surface area contributed by atoms with Gasteiger partial charge in [-0.3, -0.25) is 0 Å². The van der Waals surface area contributed by atoms with Crippen LogP contribution in [0.4, 0.5) is 0 Å². The second kappa shape index (κ2) is 4.61. The van der Waals surface area contributed by atoms with Crippen molar-refractivity contribution in [2.45, 2.75) is 18.1 Å². The van der Waals surface area contributed by atoms with E-state index in [0.717, 1.165) is 0 Å². The molecule has 2 aliphatic rings. The van der Waals surface area contributed by atoms with Crippen LogP contribution in [-0.4, -0.2) is 37.9 Å². The molecule has 1 aromatic rings. The third-order valence-corrected chi connectivity index (χ3v) is 6.54. The van der Waals surface area contributed by atoms with E-state index >= 15 is 0 Å². The number of fused-ring (bicyclic) bond motifs is 1. The van der Waals surface area contributed by atoms with Gasteiger partial charge in [-0.2, -0.15) is 5.26 Å². The molecule has 1 aliphatic heterocycles. The van der Waals surface area contributed by atoms with E-state index in [1.54, 1.807) is 25.1 Å². The zero-order valence-electron chi connectivity index (χ0n) is 11.4. The van der Waals surface area contributed by atoms with E-state index in [1.807, 2.05) is 6.07 Å². The van der Waals surface area contributed by atoms with Crippen molar-refractivity contribution in [1.82, 2.24) is 0 Å². The minimum absolute atomic E-state index is 0.0534. The molecule has 1 fully saturated rings. The van der Waals surface area contributed by atoms with E-state index < -0.39 is 33.0 Å². The van der Waals surface area contributed by atoms with Crippen molar-refractivity contribution in [2.75, 3.05) is 19.2 Å². The average Bonchev–Trinajstić information content (AvgIpc) is 2.98. The number of rotatable bonds is 4. The highest BCUT2D eigenvalue weighted by Crippen LogP contribution is 2.63. The molecule has 21 heavy (non-hydrogen) atoms. The highest BCUT2D eigenvalue weighted by Gasteiger charge is 2.71. The number of ether oxygens (including phenoxy) is 2. The van der Waals surface area contributed by atoms with Crippen molar-refractivity contribution in [3.8, 4) is 17.6 Å². The molecule has 0 saturated heterocycles. The number of benzene rings is 1. The van der Waals surface area contributed by atoms with Gasteiger partial charge in [-0.1, -0.05) is 13.0 Å². The molecule has 0 aromatic heterocycles. The quantitative estimate of drug-likeness (QED) is 0.884. The van der Waals surface area contributed by atoms with Gasteiger partial charge in [-0.15, -0.1) is 0 Å². The first-order chi connectivity index (χ1) is 10.00. The van der Waals surface area contributed by atoms with E-state index in [9.17, 15) is 18.8 Å². The van der Waals surface area contributed by atoms with E-state index in [4.69, 9.17) is 9.47 Å². The van der Waals surface area contributed by atoms with Crippen LogP contribution in [0.3, 0.4) is 0 Å². The Morgan fingerprint density at radius 2 is 2.14 bits per heavy atom. The second-order valence-electron chi connectivity index (χ2n) is 5.27. The lowest BCUT2D eigenvalue weighted by Crippen LogP contribution is -2.19. The summed E-state index contributed by atoms with van der Waals surface area (Å²) in [7, 11) is -3.42. The van der Waals surface area contributed by atoms with Crippen LogP contribution in [-0.2, 0) is 9.84 Å². The average molecular weight is 309 g/mol. The molecule has 1 aliphatic carbocycles. The maximum absolute atomic E-state index is 12.2. The zero-order valence-corrected chi connectivity index (χ0v) is 12.3. The molecule has 0 radical (unpaired) electrons. The molecular weight excluding hydrogens is 294 g/mol. The van der Waals surface area contributed by atoms with Gasteiger partial charge >= 0.3 is 0 Å². The number of hydrogen-bond donors (Lipinski definition) is 1. The molecular formula is C14H15NO5S. The van der Waals surface area contributed by atoms with E-state index in [0.29, 0.717) is 17.1 Å². The molecule has 3 rings (SSSR count). The minimum Gasteiger partial charge on any atom is -0.454 e. The van der Waals surface area contributed by atoms with Crippen molar-refractivity contribution >= 4 is 9.84 Å². The van der Waals surface area contributed by atoms with Gasteiger partial charge in [0.05, 0.1) is 17.9 Å². The predicted octanol–water partition coefficient (Wildman–Crippen LogP) is 0.818. The highest BCUT2D eigenvalue weighted by molar-refractivity contribution is 7.92. The summed E-state index contributed by atoms with van der Waals surface area (Å²) in [4.78, 5) is 0. The standard InChI is InChI=1S/C14H15NO5S/c1-2-21(17,18)13-12(14(13,6-15)7-16)9-3-4-10-11(5-9)20-8-19-10/h3-5,12-13,16H,2,7-8H2,1H3/t12-,13-,14+/m1/s1. The fourth-order valence-corrected chi connectivity index (χ4v) is 5.06. The summed E-state index contributed by atoms with van der Waals surface area (Å²) in [5.74, 6) is 0.548. The highest BCUT2D eigenvalue weighted by atomic mass is 32.2. The Bertz CT molecular complexity index is 723. The largest absolute Gasteiger partial charge is 0.454 e. The summed E-state index contributed by atoms with van der Waals surface area (Å²) in [6.07, 6.45) is 0. The molecule has 1 saturated carbocycles. The smallest absolute Gasteiger partial charge is 0.231 e. The lowest BCUT2D eigenvalue weighted by Gasteiger charge is -2.04. The van der Waals surface area contributed by atoms with Crippen molar-refractivity contribution in [2.24, 2.45) is 5.41 Å². The summed E-state index contributed by atoms with van der Waals surface area (Å²) >= 11 is 0. The van der Waals surface area contributed by atoms with Crippen LogP contribution in [0.25, 0.3) is 0 Å². The summed E-state index contributed by atoms with van der Waals surface area (Å²) in [6.45, 7) is 1.19. The first-order valence-electron chi connectivity index (χ1n) is 6.63. The van der Waals surface area contributed by atoms with Gasteiger partial charge in [0.25, 0.3) is 0 Å². The van der Waals surface area contributed by atoms with Gasteiger partial charge in [-0.25, -0.2) is 8.42 Å². The molecule has 0 amide bonds. The Hall–Kier alpha value is -1.78. The molecule has 0 bridgehead atoms. The van der Waals surface area contributed by atoms with Crippen LogP contribution in [0.15, 0.2) is 18.2 Å². The van der Waals surface area contributed by atoms with E-state index in [2.05, 4.69) is 0 Å². The number of aliphatic hydroxyl groups is 1. The number of nitriles is 1. The normalized spacial score (nSPS) is 30.0. The summed E-state index contributed by atoms with van der Waals surface area (Å²) < 4.78 is 34.9. The zero-order chi connectivity index (χ0) is 15.3. The van der Waals surface area contributed by atoms with Crippen molar-refractivity contribution in [1.29, 1.82) is 5.26 Å². The summed E-state index contributed by atoms with van der Waals surface area (Å²) in [5, 5.41) is 18.1. The molecule has 6 nitrogen and oxygen atoms in total. The van der Waals surface area contributed by atoms with Crippen LogP contribution in [0, 0.1) is 16.7 Å². The third-order valence-electron chi connectivity index (χ3n) is 4.27. The fourth-order valence-electron chi connectivity index (χ4n) is 3.05. The molecule has 1 N–H and O–H groups in total. The van der Waals surface area contributed by atoms with Gasteiger partial charge in [0, 0.05) is 11.7 Å². The Kier molecular flexibility index (Phi) is 3.11. The van der Waals surface area contributed by atoms with Gasteiger partial charge in [0.1, 0.15) is 5.41 Å². The molecule has 0 unspecified atom stereocenters. The van der Waals surface area contributed by atoms with Crippen LogP contribution in [0.5, 0.6) is 11.5 Å². The first kappa shape index (κ1) is 14.2.